The Hall–Kier alpha value is -2.98. The Morgan fingerprint density at radius 1 is 0.769 bits per heavy atom. The van der Waals surface area contributed by atoms with Crippen LogP contribution in [0.4, 0.5) is 5.13 Å². The number of nitrogens with zero attached hydrogens (tertiary/aromatic N) is 2. The first-order valence-electron chi connectivity index (χ1n) is 8.62. The molecule has 1 heterocycles. The van der Waals surface area contributed by atoms with Crippen molar-refractivity contribution in [2.75, 3.05) is 5.43 Å². The molecule has 0 aliphatic rings. The molecule has 4 heteroatoms. The van der Waals surface area contributed by atoms with Gasteiger partial charge in [0, 0.05) is 18.6 Å². The van der Waals surface area contributed by atoms with E-state index in [4.69, 9.17) is 5.10 Å². The number of nitrogens with one attached hydrogen (secondary N) is 1. The summed E-state index contributed by atoms with van der Waals surface area (Å²) in [6.07, 6.45) is 1.63. The minimum Gasteiger partial charge on any atom is -0.253 e. The molecule has 1 N–H and O–H groups in total. The Labute approximate surface area is 157 Å². The third-order valence-electron chi connectivity index (χ3n) is 4.11. The normalized spacial score (nSPS) is 10.6. The molecule has 0 saturated heterocycles. The van der Waals surface area contributed by atoms with Gasteiger partial charge in [0.1, 0.15) is 0 Å². The SMILES string of the molecule is c1ccc(CC(Cc2ccccc2)=NNc2nc3ccccc3s2)cc1. The van der Waals surface area contributed by atoms with Crippen molar-refractivity contribution < 1.29 is 0 Å². The predicted octanol–water partition coefficient (Wildman–Crippen LogP) is 5.55. The minimum atomic E-state index is 0.813. The first-order valence-corrected chi connectivity index (χ1v) is 9.43. The van der Waals surface area contributed by atoms with Crippen LogP contribution >= 0.6 is 11.3 Å². The number of fused-ring (bicyclic) bond motifs is 1. The molecule has 4 aromatic rings. The average Bonchev–Trinajstić information content (AvgIpc) is 3.11. The van der Waals surface area contributed by atoms with Crippen molar-refractivity contribution >= 4 is 32.4 Å². The van der Waals surface area contributed by atoms with Gasteiger partial charge in [0.25, 0.3) is 0 Å². The van der Waals surface area contributed by atoms with E-state index in [1.165, 1.54) is 11.1 Å². The van der Waals surface area contributed by atoms with Gasteiger partial charge in [-0.1, -0.05) is 84.1 Å². The first-order chi connectivity index (χ1) is 12.9. The average molecular weight is 357 g/mol. The zero-order chi connectivity index (χ0) is 17.6. The van der Waals surface area contributed by atoms with E-state index in [9.17, 15) is 0 Å². The fourth-order valence-electron chi connectivity index (χ4n) is 2.85. The van der Waals surface area contributed by atoms with Crippen LogP contribution in [0.15, 0.2) is 90.0 Å². The second-order valence-electron chi connectivity index (χ2n) is 6.10. The second-order valence-corrected chi connectivity index (χ2v) is 7.13. The highest BCUT2D eigenvalue weighted by atomic mass is 32.1. The van der Waals surface area contributed by atoms with E-state index in [-0.39, 0.29) is 0 Å². The molecule has 0 radical (unpaired) electrons. The number of anilines is 1. The fraction of sp³-hybridized carbons (Fsp3) is 0.0909. The van der Waals surface area contributed by atoms with Gasteiger partial charge >= 0.3 is 0 Å². The summed E-state index contributed by atoms with van der Waals surface area (Å²) < 4.78 is 1.16. The zero-order valence-electron chi connectivity index (χ0n) is 14.3. The van der Waals surface area contributed by atoms with Crippen molar-refractivity contribution in [1.82, 2.24) is 4.98 Å². The molecule has 0 aliphatic carbocycles. The van der Waals surface area contributed by atoms with Gasteiger partial charge in [-0.15, -0.1) is 0 Å². The second kappa shape index (κ2) is 7.93. The van der Waals surface area contributed by atoms with Crippen LogP contribution in [0.5, 0.6) is 0 Å². The van der Waals surface area contributed by atoms with E-state index in [1.54, 1.807) is 11.3 Å². The van der Waals surface area contributed by atoms with Crippen LogP contribution < -0.4 is 5.43 Å². The smallest absolute Gasteiger partial charge is 0.204 e. The van der Waals surface area contributed by atoms with Crippen LogP contribution in [-0.2, 0) is 12.8 Å². The van der Waals surface area contributed by atoms with Crippen LogP contribution in [0.1, 0.15) is 11.1 Å². The highest BCUT2D eigenvalue weighted by Gasteiger charge is 2.06. The van der Waals surface area contributed by atoms with E-state index in [0.29, 0.717) is 0 Å². The number of thiazole rings is 1. The van der Waals surface area contributed by atoms with Crippen LogP contribution in [0.25, 0.3) is 10.2 Å². The Bertz CT molecular complexity index is 931. The van der Waals surface area contributed by atoms with Gasteiger partial charge in [0.15, 0.2) is 0 Å². The molecule has 128 valence electrons. The maximum Gasteiger partial charge on any atom is 0.204 e. The molecule has 26 heavy (non-hydrogen) atoms. The first kappa shape index (κ1) is 16.5. The zero-order valence-corrected chi connectivity index (χ0v) is 15.1. The van der Waals surface area contributed by atoms with E-state index in [1.807, 2.05) is 30.3 Å². The van der Waals surface area contributed by atoms with Crippen molar-refractivity contribution in [2.24, 2.45) is 5.10 Å². The van der Waals surface area contributed by atoms with Gasteiger partial charge in [0.05, 0.1) is 10.2 Å². The van der Waals surface area contributed by atoms with Gasteiger partial charge in [-0.2, -0.15) is 5.10 Å². The minimum absolute atomic E-state index is 0.813. The third-order valence-corrected chi connectivity index (χ3v) is 5.05. The largest absolute Gasteiger partial charge is 0.253 e. The molecule has 0 spiro atoms. The quantitative estimate of drug-likeness (QED) is 0.363. The van der Waals surface area contributed by atoms with Gasteiger partial charge in [0.2, 0.25) is 5.13 Å². The molecule has 1 aromatic heterocycles. The summed E-state index contributed by atoms with van der Waals surface area (Å²) >= 11 is 1.62. The molecular formula is C22H19N3S. The van der Waals surface area contributed by atoms with Gasteiger partial charge in [-0.3, -0.25) is 5.43 Å². The van der Waals surface area contributed by atoms with Crippen molar-refractivity contribution in [3.8, 4) is 0 Å². The molecule has 4 rings (SSSR count). The van der Waals surface area contributed by atoms with Crippen LogP contribution in [0.2, 0.25) is 0 Å². The Morgan fingerprint density at radius 3 is 1.96 bits per heavy atom. The molecule has 3 aromatic carbocycles. The highest BCUT2D eigenvalue weighted by Crippen LogP contribution is 2.25. The number of aromatic nitrogens is 1. The van der Waals surface area contributed by atoms with Gasteiger partial charge < -0.3 is 0 Å². The van der Waals surface area contributed by atoms with E-state index >= 15 is 0 Å². The number of hydrogen-bond acceptors (Lipinski definition) is 4. The van der Waals surface area contributed by atoms with Gasteiger partial charge in [-0.05, 0) is 23.3 Å². The molecule has 0 aliphatic heterocycles. The Morgan fingerprint density at radius 2 is 1.35 bits per heavy atom. The van der Waals surface area contributed by atoms with Gasteiger partial charge in [-0.25, -0.2) is 4.98 Å². The summed E-state index contributed by atoms with van der Waals surface area (Å²) in [6.45, 7) is 0. The number of hydrogen-bond donors (Lipinski definition) is 1. The monoisotopic (exact) mass is 357 g/mol. The third kappa shape index (κ3) is 4.16. The summed E-state index contributed by atoms with van der Waals surface area (Å²) in [5, 5.41) is 5.52. The summed E-state index contributed by atoms with van der Waals surface area (Å²) in [6, 6.07) is 29.0. The topological polar surface area (TPSA) is 37.3 Å². The molecular weight excluding hydrogens is 338 g/mol. The van der Waals surface area contributed by atoms with E-state index in [0.717, 1.165) is 33.9 Å². The van der Waals surface area contributed by atoms with E-state index < -0.39 is 0 Å². The molecule has 3 nitrogen and oxygen atoms in total. The Balaban J connectivity index is 1.57. The summed E-state index contributed by atoms with van der Waals surface area (Å²) in [7, 11) is 0. The molecule has 0 saturated carbocycles. The standard InChI is InChI=1S/C22H19N3S/c1-3-9-17(10-4-1)15-19(16-18-11-5-2-6-12-18)24-25-22-23-20-13-7-8-14-21(20)26-22/h1-14H,15-16H2,(H,23,25). The molecule has 0 bridgehead atoms. The van der Waals surface area contributed by atoms with Crippen LogP contribution in [0, 0.1) is 0 Å². The molecule has 0 atom stereocenters. The summed E-state index contributed by atoms with van der Waals surface area (Å²) in [5.41, 5.74) is 7.77. The fourth-order valence-corrected chi connectivity index (χ4v) is 3.66. The number of para-hydroxylation sites is 1. The van der Waals surface area contributed by atoms with Crippen LogP contribution in [-0.4, -0.2) is 10.7 Å². The number of hydrazone groups is 1. The van der Waals surface area contributed by atoms with Crippen molar-refractivity contribution in [3.63, 3.8) is 0 Å². The molecule has 0 unspecified atom stereocenters. The molecule has 0 fully saturated rings. The maximum absolute atomic E-state index is 4.69. The lowest BCUT2D eigenvalue weighted by Gasteiger charge is -2.07. The maximum atomic E-state index is 4.69. The lowest BCUT2D eigenvalue weighted by molar-refractivity contribution is 1.16. The van der Waals surface area contributed by atoms with E-state index in [2.05, 4.69) is 65.0 Å². The highest BCUT2D eigenvalue weighted by molar-refractivity contribution is 7.22. The Kier molecular flexibility index (Phi) is 5.03. The summed E-state index contributed by atoms with van der Waals surface area (Å²) in [4.78, 5) is 4.60. The molecule has 0 amide bonds. The lowest BCUT2D eigenvalue weighted by Crippen LogP contribution is -2.10. The van der Waals surface area contributed by atoms with Crippen molar-refractivity contribution in [2.45, 2.75) is 12.8 Å². The number of rotatable bonds is 6. The van der Waals surface area contributed by atoms with Crippen molar-refractivity contribution in [1.29, 1.82) is 0 Å². The lowest BCUT2D eigenvalue weighted by atomic mass is 10.0. The van der Waals surface area contributed by atoms with Crippen LogP contribution in [0.3, 0.4) is 0 Å². The number of benzene rings is 3. The van der Waals surface area contributed by atoms with Crippen molar-refractivity contribution in [3.05, 3.63) is 96.1 Å². The predicted molar refractivity (Wildman–Crippen MR) is 111 cm³/mol. The summed E-state index contributed by atoms with van der Waals surface area (Å²) in [5.74, 6) is 0.